The van der Waals surface area contributed by atoms with Crippen molar-refractivity contribution in [3.8, 4) is 0 Å². The lowest BCUT2D eigenvalue weighted by atomic mass is 10.3. The second-order valence-corrected chi connectivity index (χ2v) is 2.63. The van der Waals surface area contributed by atoms with Crippen molar-refractivity contribution in [3.63, 3.8) is 0 Å². The van der Waals surface area contributed by atoms with Crippen molar-refractivity contribution in [2.24, 2.45) is 0 Å². The molecule has 1 amide bonds. The van der Waals surface area contributed by atoms with Gasteiger partial charge in [0.15, 0.2) is 0 Å². The number of hydrogen-bond donors (Lipinski definition) is 2. The van der Waals surface area contributed by atoms with Crippen LogP contribution in [-0.2, 0) is 9.59 Å². The number of carbonyl (C=O) groups excluding carboxylic acids is 1. The van der Waals surface area contributed by atoms with E-state index >= 15 is 0 Å². The second kappa shape index (κ2) is 8.99. The molecule has 5 heteroatoms. The third kappa shape index (κ3) is 18.1. The normalized spacial score (nSPS) is 8.31. The molecule has 0 aliphatic heterocycles. The smallest absolute Gasteiger partial charge is 0.303 e. The largest absolute Gasteiger partial charge is 0.481 e. The average molecular weight is 191 g/mol. The number of carbonyl (C=O) groups is 2. The monoisotopic (exact) mass is 191 g/mol. The van der Waals surface area contributed by atoms with Crippen LogP contribution in [0.15, 0.2) is 0 Å². The Morgan fingerprint density at radius 1 is 1.31 bits per heavy atom. The predicted molar refractivity (Wildman–Crippen MR) is 48.3 cm³/mol. The fourth-order valence-corrected chi connectivity index (χ4v) is 0.230. The molecule has 0 atom stereocenters. The van der Waals surface area contributed by atoms with Crippen molar-refractivity contribution >= 4 is 11.9 Å². The molecule has 0 aliphatic rings. The molecule has 78 valence electrons. The molecule has 0 aliphatic carbocycles. The van der Waals surface area contributed by atoms with E-state index in [1.165, 1.54) is 11.8 Å². The Labute approximate surface area is 78.0 Å². The molecule has 0 spiro atoms. The standard InChI is InChI=1S/C4H9NO.C4H8O3/c1-4(6)5(2)3;5-3-1-2-4(6)7/h1-3H3;5H,1-3H2,(H,6,7). The highest BCUT2D eigenvalue weighted by Crippen LogP contribution is 1.83. The first-order chi connectivity index (χ1) is 5.91. The maximum atomic E-state index is 10.1. The Hall–Kier alpha value is -1.10. The van der Waals surface area contributed by atoms with Crippen LogP contribution in [0.2, 0.25) is 0 Å². The lowest BCUT2D eigenvalue weighted by Crippen LogP contribution is -2.17. The van der Waals surface area contributed by atoms with Gasteiger partial charge in [-0.05, 0) is 6.42 Å². The quantitative estimate of drug-likeness (QED) is 0.655. The molecule has 0 rings (SSSR count). The van der Waals surface area contributed by atoms with Gasteiger partial charge in [0.05, 0.1) is 0 Å². The van der Waals surface area contributed by atoms with Crippen molar-refractivity contribution < 1.29 is 19.8 Å². The molecule has 0 saturated heterocycles. The molecule has 0 unspecified atom stereocenters. The van der Waals surface area contributed by atoms with Crippen LogP contribution in [0.4, 0.5) is 0 Å². The zero-order valence-corrected chi connectivity index (χ0v) is 8.28. The van der Waals surface area contributed by atoms with Gasteiger partial charge in [-0.25, -0.2) is 0 Å². The van der Waals surface area contributed by atoms with Gasteiger partial charge in [0.25, 0.3) is 0 Å². The fraction of sp³-hybridized carbons (Fsp3) is 0.750. The molecule has 0 aromatic rings. The number of aliphatic carboxylic acids is 1. The summed E-state index contributed by atoms with van der Waals surface area (Å²) in [6.07, 6.45) is 0.422. The zero-order valence-electron chi connectivity index (χ0n) is 8.28. The van der Waals surface area contributed by atoms with Gasteiger partial charge in [0, 0.05) is 34.0 Å². The summed E-state index contributed by atoms with van der Waals surface area (Å²) in [5.41, 5.74) is 0. The van der Waals surface area contributed by atoms with Crippen LogP contribution in [0, 0.1) is 0 Å². The van der Waals surface area contributed by atoms with Crippen LogP contribution in [0.25, 0.3) is 0 Å². The van der Waals surface area contributed by atoms with Gasteiger partial charge in [0.2, 0.25) is 5.91 Å². The van der Waals surface area contributed by atoms with E-state index in [0.29, 0.717) is 6.42 Å². The van der Waals surface area contributed by atoms with Gasteiger partial charge < -0.3 is 15.1 Å². The molecule has 0 radical (unpaired) electrons. The Balaban J connectivity index is 0. The molecule has 0 fully saturated rings. The van der Waals surface area contributed by atoms with Crippen molar-refractivity contribution in [2.75, 3.05) is 20.7 Å². The minimum Gasteiger partial charge on any atom is -0.481 e. The van der Waals surface area contributed by atoms with Crippen LogP contribution in [0.5, 0.6) is 0 Å². The molecule has 5 nitrogen and oxygen atoms in total. The maximum absolute atomic E-state index is 10.1. The molecule has 0 heterocycles. The van der Waals surface area contributed by atoms with Gasteiger partial charge in [-0.2, -0.15) is 0 Å². The highest BCUT2D eigenvalue weighted by Gasteiger charge is 1.91. The number of amides is 1. The van der Waals surface area contributed by atoms with E-state index in [0.717, 1.165) is 0 Å². The van der Waals surface area contributed by atoms with Crippen molar-refractivity contribution in [3.05, 3.63) is 0 Å². The van der Waals surface area contributed by atoms with E-state index < -0.39 is 5.97 Å². The van der Waals surface area contributed by atoms with E-state index in [1.807, 2.05) is 0 Å². The third-order valence-corrected chi connectivity index (χ3v) is 1.18. The summed E-state index contributed by atoms with van der Waals surface area (Å²) in [5, 5.41) is 16.0. The average Bonchev–Trinajstić information content (AvgIpc) is 2.01. The molecule has 2 N–H and O–H groups in total. The summed E-state index contributed by atoms with van der Waals surface area (Å²) in [5.74, 6) is -0.760. The topological polar surface area (TPSA) is 77.8 Å². The number of aliphatic hydroxyl groups is 1. The van der Waals surface area contributed by atoms with Crippen molar-refractivity contribution in [1.29, 1.82) is 0 Å². The molecule has 0 aromatic carbocycles. The van der Waals surface area contributed by atoms with E-state index in [1.54, 1.807) is 14.1 Å². The lowest BCUT2D eigenvalue weighted by molar-refractivity contribution is -0.137. The zero-order chi connectivity index (χ0) is 10.9. The Morgan fingerprint density at radius 2 is 1.69 bits per heavy atom. The summed E-state index contributed by atoms with van der Waals surface area (Å²) in [7, 11) is 3.45. The molecule has 0 saturated carbocycles. The first-order valence-electron chi connectivity index (χ1n) is 3.92. The van der Waals surface area contributed by atoms with Crippen LogP contribution in [0.3, 0.4) is 0 Å². The Morgan fingerprint density at radius 3 is 1.77 bits per heavy atom. The maximum Gasteiger partial charge on any atom is 0.303 e. The summed E-state index contributed by atoms with van der Waals surface area (Å²) in [4.78, 5) is 21.2. The summed E-state index contributed by atoms with van der Waals surface area (Å²) >= 11 is 0. The van der Waals surface area contributed by atoms with E-state index in [4.69, 9.17) is 10.2 Å². The molecule has 0 bridgehead atoms. The summed E-state index contributed by atoms with van der Waals surface area (Å²) in [6.45, 7) is 1.49. The Kier molecular flexibility index (Phi) is 9.98. The van der Waals surface area contributed by atoms with E-state index in [-0.39, 0.29) is 18.9 Å². The lowest BCUT2D eigenvalue weighted by Gasteiger charge is -2.02. The van der Waals surface area contributed by atoms with Gasteiger partial charge in [0.1, 0.15) is 0 Å². The fourth-order valence-electron chi connectivity index (χ4n) is 0.230. The highest BCUT2D eigenvalue weighted by molar-refractivity contribution is 5.72. The molecule has 13 heavy (non-hydrogen) atoms. The molecule has 0 aromatic heterocycles. The third-order valence-electron chi connectivity index (χ3n) is 1.18. The van der Waals surface area contributed by atoms with Gasteiger partial charge in [-0.15, -0.1) is 0 Å². The number of carboxylic acid groups (broad SMARTS) is 1. The van der Waals surface area contributed by atoms with Gasteiger partial charge >= 0.3 is 5.97 Å². The SMILES string of the molecule is CC(=O)N(C)C.O=C(O)CCCO. The minimum atomic E-state index is -0.853. The van der Waals surface area contributed by atoms with Gasteiger partial charge in [-0.3, -0.25) is 9.59 Å². The highest BCUT2D eigenvalue weighted by atomic mass is 16.4. The summed E-state index contributed by atoms with van der Waals surface area (Å²) in [6, 6.07) is 0. The van der Waals surface area contributed by atoms with Gasteiger partial charge in [-0.1, -0.05) is 0 Å². The summed E-state index contributed by atoms with van der Waals surface area (Å²) < 4.78 is 0. The first-order valence-corrected chi connectivity index (χ1v) is 3.92. The van der Waals surface area contributed by atoms with Crippen LogP contribution in [0.1, 0.15) is 19.8 Å². The van der Waals surface area contributed by atoms with Crippen LogP contribution >= 0.6 is 0 Å². The first kappa shape index (κ1) is 14.4. The molecular formula is C8H17NO4. The number of carboxylic acids is 1. The molecular weight excluding hydrogens is 174 g/mol. The second-order valence-electron chi connectivity index (χ2n) is 2.63. The van der Waals surface area contributed by atoms with Crippen molar-refractivity contribution in [2.45, 2.75) is 19.8 Å². The van der Waals surface area contributed by atoms with E-state index in [9.17, 15) is 9.59 Å². The number of aliphatic hydroxyl groups excluding tert-OH is 1. The predicted octanol–water partition coefficient (Wildman–Crippen LogP) is -0.0620. The van der Waals surface area contributed by atoms with E-state index in [2.05, 4.69) is 0 Å². The van der Waals surface area contributed by atoms with Crippen LogP contribution < -0.4 is 0 Å². The van der Waals surface area contributed by atoms with Crippen molar-refractivity contribution in [1.82, 2.24) is 4.90 Å². The van der Waals surface area contributed by atoms with Crippen LogP contribution in [-0.4, -0.2) is 47.7 Å². The number of rotatable bonds is 3. The Bertz CT molecular complexity index is 156. The number of hydrogen-bond acceptors (Lipinski definition) is 3. The minimum absolute atomic E-state index is 0.0354. The number of nitrogens with zero attached hydrogens (tertiary/aromatic N) is 1.